The molecule has 0 heterocycles. The van der Waals surface area contributed by atoms with Crippen molar-refractivity contribution in [3.63, 3.8) is 0 Å². The highest BCUT2D eigenvalue weighted by atomic mass is 16.5. The van der Waals surface area contributed by atoms with E-state index in [4.69, 9.17) is 4.74 Å². The molecule has 4 amide bonds. The Morgan fingerprint density at radius 3 is 2.14 bits per heavy atom. The molecule has 2 atom stereocenters. The van der Waals surface area contributed by atoms with Crippen molar-refractivity contribution >= 4 is 24.3 Å². The average molecular weight is 713 g/mol. The Labute approximate surface area is 306 Å². The van der Waals surface area contributed by atoms with Crippen LogP contribution in [0.2, 0.25) is 0 Å². The van der Waals surface area contributed by atoms with Gasteiger partial charge in [0, 0.05) is 36.6 Å². The normalized spacial score (nSPS) is 15.4. The second-order valence-electron chi connectivity index (χ2n) is 12.3. The van der Waals surface area contributed by atoms with Gasteiger partial charge in [-0.3, -0.25) is 14.5 Å². The number of hydrogen-bond donors (Lipinski definition) is 4. The fraction of sp³-hybridized carbons (Fsp3) is 0.550. The summed E-state index contributed by atoms with van der Waals surface area (Å²) < 4.78 is 5.51. The van der Waals surface area contributed by atoms with Crippen molar-refractivity contribution in [2.24, 2.45) is 0 Å². The highest BCUT2D eigenvalue weighted by Gasteiger charge is 2.26. The van der Waals surface area contributed by atoms with Crippen LogP contribution >= 0.6 is 0 Å². The summed E-state index contributed by atoms with van der Waals surface area (Å²) in [6.45, 7) is 23.4. The minimum atomic E-state index is -1.07. The lowest BCUT2D eigenvalue weighted by atomic mass is 9.93. The van der Waals surface area contributed by atoms with Gasteiger partial charge in [-0.1, -0.05) is 78.8 Å². The van der Waals surface area contributed by atoms with Gasteiger partial charge >= 0.3 is 12.0 Å². The molecule has 286 valence electrons. The van der Waals surface area contributed by atoms with Gasteiger partial charge in [-0.2, -0.15) is 0 Å². The van der Waals surface area contributed by atoms with Crippen molar-refractivity contribution < 1.29 is 34.1 Å². The number of aliphatic hydroxyl groups excluding tert-OH is 2. The summed E-state index contributed by atoms with van der Waals surface area (Å²) in [6, 6.07) is -1.06. The Hall–Kier alpha value is -4.38. The van der Waals surface area contributed by atoms with E-state index in [1.54, 1.807) is 26.1 Å². The molecule has 0 bridgehead atoms. The maximum atomic E-state index is 13.7. The number of carbonyl (C=O) groups excluding carboxylic acids is 4. The van der Waals surface area contributed by atoms with Crippen LogP contribution in [0.3, 0.4) is 0 Å². The molecule has 0 spiro atoms. The largest absolute Gasteiger partial charge is 0.515 e. The summed E-state index contributed by atoms with van der Waals surface area (Å²) in [5.74, 6) is -1.72. The second-order valence-corrected chi connectivity index (χ2v) is 12.3. The molecule has 0 aromatic rings. The van der Waals surface area contributed by atoms with Crippen LogP contribution < -0.4 is 10.6 Å². The van der Waals surface area contributed by atoms with Gasteiger partial charge in [-0.05, 0) is 82.1 Å². The molecule has 0 aromatic carbocycles. The maximum Gasteiger partial charge on any atom is 0.335 e. The van der Waals surface area contributed by atoms with Crippen LogP contribution in [0.4, 0.5) is 4.79 Å². The lowest BCUT2D eigenvalue weighted by Crippen LogP contribution is -2.43. The number of likely N-dealkylation sites (N-methyl/N-ethyl adjacent to an activating group) is 1. The zero-order valence-corrected chi connectivity index (χ0v) is 32.5. The van der Waals surface area contributed by atoms with Crippen molar-refractivity contribution in [3.05, 3.63) is 83.2 Å². The fourth-order valence-electron chi connectivity index (χ4n) is 4.74. The molecule has 1 aliphatic rings. The number of nitrogens with zero attached hydrogens (tertiary/aromatic N) is 2. The number of imide groups is 1. The molecular weight excluding hydrogens is 648 g/mol. The number of allylic oxidation sites excluding steroid dienone is 6. The van der Waals surface area contributed by atoms with Gasteiger partial charge in [0.2, 0.25) is 12.3 Å². The number of nitrogens with one attached hydrogen (secondary N) is 2. The zero-order valence-electron chi connectivity index (χ0n) is 32.5. The van der Waals surface area contributed by atoms with Crippen LogP contribution in [0.5, 0.6) is 0 Å². The number of esters is 1. The van der Waals surface area contributed by atoms with E-state index in [1.807, 2.05) is 60.6 Å². The Balaban J connectivity index is 0.0000123. The van der Waals surface area contributed by atoms with Crippen LogP contribution in [0.25, 0.3) is 0 Å². The average Bonchev–Trinajstić information content (AvgIpc) is 3.10. The number of hydrogen-bond acceptors (Lipinski definition) is 8. The molecule has 4 N–H and O–H groups in total. The summed E-state index contributed by atoms with van der Waals surface area (Å²) in [5, 5.41) is 25.1. The number of amides is 4. The standard InChI is InChI=1S/C38H58N4O7.C2H6/c1-10-27(6)35(20-17-26(5)23-39-32-15-14-16-32)41(9)38(48)42(25-44)33(13-4)19-18-30(12-3)21-34(37(47)49-28(7)11-2)40-36(46)22-31(24-43)29(8)45;1-2/h17-20,24-25,28,32,34,39,43,45H,5,8,10-16,21-23H2,1-4,6-7,9H3,(H,40,46);1-2H3/b20-17-,30-18+,31-24+,33-19+,35-27+;. The molecule has 1 saturated carbocycles. The van der Waals surface area contributed by atoms with Gasteiger partial charge in [0.05, 0.1) is 18.8 Å². The van der Waals surface area contributed by atoms with E-state index in [-0.39, 0.29) is 18.1 Å². The van der Waals surface area contributed by atoms with Crippen LogP contribution in [-0.2, 0) is 19.1 Å². The van der Waals surface area contributed by atoms with E-state index < -0.39 is 36.1 Å². The highest BCUT2D eigenvalue weighted by Crippen LogP contribution is 2.21. The molecular formula is C40H64N4O7. The second kappa shape index (κ2) is 25.6. The third-order valence-electron chi connectivity index (χ3n) is 8.62. The molecule has 2 unspecified atom stereocenters. The minimum absolute atomic E-state index is 0.0883. The van der Waals surface area contributed by atoms with E-state index in [9.17, 15) is 29.4 Å². The van der Waals surface area contributed by atoms with E-state index in [2.05, 4.69) is 23.8 Å². The van der Waals surface area contributed by atoms with E-state index in [1.165, 1.54) is 24.2 Å². The Bertz CT molecular complexity index is 1340. The smallest absolute Gasteiger partial charge is 0.335 e. The van der Waals surface area contributed by atoms with Gasteiger partial charge < -0.3 is 25.6 Å². The van der Waals surface area contributed by atoms with Gasteiger partial charge in [0.25, 0.3) is 0 Å². The summed E-state index contributed by atoms with van der Waals surface area (Å²) in [6.07, 6.45) is 13.3. The number of carbonyl (C=O) groups is 4. The number of ether oxygens (including phenoxy) is 1. The summed E-state index contributed by atoms with van der Waals surface area (Å²) in [5.41, 5.74) is 3.62. The van der Waals surface area contributed by atoms with Crippen molar-refractivity contribution in [2.45, 2.75) is 131 Å². The molecule has 1 fully saturated rings. The Morgan fingerprint density at radius 1 is 1.02 bits per heavy atom. The van der Waals surface area contributed by atoms with E-state index in [0.29, 0.717) is 62.3 Å². The van der Waals surface area contributed by atoms with Gasteiger partial charge in [0.15, 0.2) is 0 Å². The highest BCUT2D eigenvalue weighted by molar-refractivity contribution is 5.88. The van der Waals surface area contributed by atoms with Gasteiger partial charge in [-0.25, -0.2) is 14.5 Å². The van der Waals surface area contributed by atoms with Crippen molar-refractivity contribution in [2.75, 3.05) is 13.6 Å². The van der Waals surface area contributed by atoms with Crippen LogP contribution in [0.15, 0.2) is 83.2 Å². The first-order chi connectivity index (χ1) is 24.3. The molecule has 0 radical (unpaired) electrons. The zero-order chi connectivity index (χ0) is 39.1. The van der Waals surface area contributed by atoms with Crippen molar-refractivity contribution in [1.29, 1.82) is 0 Å². The molecule has 11 heteroatoms. The van der Waals surface area contributed by atoms with E-state index >= 15 is 0 Å². The van der Waals surface area contributed by atoms with Crippen molar-refractivity contribution in [3.8, 4) is 0 Å². The van der Waals surface area contributed by atoms with Gasteiger partial charge in [-0.15, -0.1) is 0 Å². The predicted molar refractivity (Wildman–Crippen MR) is 206 cm³/mol. The lowest BCUT2D eigenvalue weighted by molar-refractivity contribution is -0.152. The summed E-state index contributed by atoms with van der Waals surface area (Å²) in [4.78, 5) is 54.5. The SMILES string of the molecule is C=C(/C=C\C(=C(\C)CC)N(C)C(=O)N(C=O)/C(=C/C=C(\CC)CC(NC(=O)C/C(=C\O)C(=C)O)C(=O)OC(C)CC)CC)CNC1CCC1.CC. The van der Waals surface area contributed by atoms with Crippen LogP contribution in [0, 0.1) is 0 Å². The first-order valence-corrected chi connectivity index (χ1v) is 18.2. The number of aliphatic hydroxyl groups is 2. The van der Waals surface area contributed by atoms with Crippen LogP contribution in [-0.4, -0.2) is 76.1 Å². The summed E-state index contributed by atoms with van der Waals surface area (Å²) >= 11 is 0. The molecule has 0 aliphatic heterocycles. The number of urea groups is 1. The third kappa shape index (κ3) is 16.5. The number of rotatable bonds is 21. The molecule has 0 saturated heterocycles. The van der Waals surface area contributed by atoms with Crippen molar-refractivity contribution in [1.82, 2.24) is 20.4 Å². The molecule has 11 nitrogen and oxygen atoms in total. The van der Waals surface area contributed by atoms with Gasteiger partial charge in [0.1, 0.15) is 11.8 Å². The Morgan fingerprint density at radius 2 is 1.67 bits per heavy atom. The van der Waals surface area contributed by atoms with E-state index in [0.717, 1.165) is 21.6 Å². The molecule has 51 heavy (non-hydrogen) atoms. The predicted octanol–water partition coefficient (Wildman–Crippen LogP) is 8.21. The first-order valence-electron chi connectivity index (χ1n) is 18.2. The monoisotopic (exact) mass is 712 g/mol. The molecule has 1 rings (SSSR count). The molecule has 1 aliphatic carbocycles. The third-order valence-corrected chi connectivity index (χ3v) is 8.62. The fourth-order valence-corrected chi connectivity index (χ4v) is 4.74. The molecule has 0 aromatic heterocycles. The topological polar surface area (TPSA) is 149 Å². The maximum absolute atomic E-state index is 13.7. The first kappa shape index (κ1) is 46.6. The Kier molecular flexibility index (Phi) is 23.4. The van der Waals surface area contributed by atoms with Crippen LogP contribution in [0.1, 0.15) is 113 Å². The summed E-state index contributed by atoms with van der Waals surface area (Å²) in [7, 11) is 1.63. The quantitative estimate of drug-likeness (QED) is 0.0403. The lowest BCUT2D eigenvalue weighted by Gasteiger charge is -2.27. The minimum Gasteiger partial charge on any atom is -0.515 e.